The first kappa shape index (κ1) is 10.2. The van der Waals surface area contributed by atoms with Crippen LogP contribution in [0.4, 0.5) is 5.69 Å². The Labute approximate surface area is 90.8 Å². The first-order valence-electron chi connectivity index (χ1n) is 5.33. The van der Waals surface area contributed by atoms with Gasteiger partial charge in [-0.25, -0.2) is 0 Å². The predicted molar refractivity (Wildman–Crippen MR) is 64.0 cm³/mol. The fourth-order valence-electron chi connectivity index (χ4n) is 1.85. The molecule has 0 radical (unpaired) electrons. The molecule has 0 amide bonds. The van der Waals surface area contributed by atoms with Gasteiger partial charge in [0.05, 0.1) is 0 Å². The quantitative estimate of drug-likeness (QED) is 0.737. The Kier molecular flexibility index (Phi) is 3.02. The van der Waals surface area contributed by atoms with E-state index in [4.69, 9.17) is 5.41 Å². The summed E-state index contributed by atoms with van der Waals surface area (Å²) in [5.41, 5.74) is 2.24. The van der Waals surface area contributed by atoms with Crippen molar-refractivity contribution in [2.24, 2.45) is 0 Å². The molecule has 1 heterocycles. The van der Waals surface area contributed by atoms with E-state index in [2.05, 4.69) is 29.0 Å². The highest BCUT2D eigenvalue weighted by molar-refractivity contribution is 5.77. The summed E-state index contributed by atoms with van der Waals surface area (Å²) in [5, 5.41) is 7.14. The summed E-state index contributed by atoms with van der Waals surface area (Å²) in [7, 11) is 2.16. The van der Waals surface area contributed by atoms with E-state index in [0.717, 1.165) is 31.7 Å². The van der Waals surface area contributed by atoms with Crippen LogP contribution in [0.25, 0.3) is 0 Å². The third-order valence-electron chi connectivity index (χ3n) is 2.93. The normalized spacial score (nSPS) is 17.8. The van der Waals surface area contributed by atoms with Gasteiger partial charge in [0.1, 0.15) is 0 Å². The van der Waals surface area contributed by atoms with Crippen LogP contribution in [-0.2, 0) is 0 Å². The first-order valence-corrected chi connectivity index (χ1v) is 5.33. The molecule has 1 N–H and O–H groups in total. The van der Waals surface area contributed by atoms with Crippen LogP contribution < -0.4 is 4.90 Å². The van der Waals surface area contributed by atoms with E-state index in [1.807, 2.05) is 12.1 Å². The molecule has 0 spiro atoms. The molecule has 3 nitrogen and oxygen atoms in total. The maximum Gasteiger partial charge on any atom is 0.0367 e. The van der Waals surface area contributed by atoms with Crippen molar-refractivity contribution in [1.29, 1.82) is 5.41 Å². The van der Waals surface area contributed by atoms with Gasteiger partial charge >= 0.3 is 0 Å². The molecule has 1 aromatic rings. The Morgan fingerprint density at radius 2 is 1.67 bits per heavy atom. The number of rotatable bonds is 2. The lowest BCUT2D eigenvalue weighted by molar-refractivity contribution is 0.313. The number of piperazine rings is 1. The molecule has 0 bridgehead atoms. The number of hydrogen-bond acceptors (Lipinski definition) is 3. The van der Waals surface area contributed by atoms with Crippen molar-refractivity contribution in [3.63, 3.8) is 0 Å². The number of likely N-dealkylation sites (N-methyl/N-ethyl adjacent to an activating group) is 1. The SMILES string of the molecule is CN1CCN(c2ccc(C=N)cc2)CC1. The van der Waals surface area contributed by atoms with Crippen LogP contribution in [0.2, 0.25) is 0 Å². The van der Waals surface area contributed by atoms with Gasteiger partial charge in [0, 0.05) is 38.1 Å². The second-order valence-electron chi connectivity index (χ2n) is 4.03. The topological polar surface area (TPSA) is 30.3 Å². The zero-order valence-electron chi connectivity index (χ0n) is 9.11. The third kappa shape index (κ3) is 2.36. The lowest BCUT2D eigenvalue weighted by Crippen LogP contribution is -2.44. The fraction of sp³-hybridized carbons (Fsp3) is 0.417. The van der Waals surface area contributed by atoms with Crippen molar-refractivity contribution >= 4 is 11.9 Å². The van der Waals surface area contributed by atoms with E-state index in [-0.39, 0.29) is 0 Å². The standard InChI is InChI=1S/C12H17N3/c1-14-6-8-15(9-7-14)12-4-2-11(10-13)3-5-12/h2-5,10,13H,6-9H2,1H3. The van der Waals surface area contributed by atoms with Gasteiger partial charge in [0.25, 0.3) is 0 Å². The van der Waals surface area contributed by atoms with Crippen molar-refractivity contribution in [3.05, 3.63) is 29.8 Å². The summed E-state index contributed by atoms with van der Waals surface area (Å²) < 4.78 is 0. The predicted octanol–water partition coefficient (Wildman–Crippen LogP) is 1.44. The summed E-state index contributed by atoms with van der Waals surface area (Å²) in [6, 6.07) is 8.21. The second kappa shape index (κ2) is 4.45. The molecule has 1 fully saturated rings. The van der Waals surface area contributed by atoms with Gasteiger partial charge in [-0.05, 0) is 24.7 Å². The molecule has 1 aliphatic rings. The average molecular weight is 203 g/mol. The molecular weight excluding hydrogens is 186 g/mol. The summed E-state index contributed by atoms with van der Waals surface area (Å²) in [4.78, 5) is 4.75. The van der Waals surface area contributed by atoms with Gasteiger partial charge in [-0.15, -0.1) is 0 Å². The summed E-state index contributed by atoms with van der Waals surface area (Å²) in [5.74, 6) is 0. The van der Waals surface area contributed by atoms with Gasteiger partial charge in [-0.3, -0.25) is 0 Å². The number of nitrogens with one attached hydrogen (secondary N) is 1. The minimum absolute atomic E-state index is 0.966. The van der Waals surface area contributed by atoms with Crippen LogP contribution in [0, 0.1) is 5.41 Å². The lowest BCUT2D eigenvalue weighted by atomic mass is 10.2. The number of hydrogen-bond donors (Lipinski definition) is 1. The maximum absolute atomic E-state index is 7.14. The Balaban J connectivity index is 2.06. The molecule has 1 aliphatic heterocycles. The maximum atomic E-state index is 7.14. The van der Waals surface area contributed by atoms with E-state index < -0.39 is 0 Å². The van der Waals surface area contributed by atoms with E-state index in [1.54, 1.807) is 0 Å². The highest BCUT2D eigenvalue weighted by Gasteiger charge is 2.13. The molecule has 0 aromatic heterocycles. The van der Waals surface area contributed by atoms with E-state index in [1.165, 1.54) is 11.9 Å². The Hall–Kier alpha value is -1.35. The molecule has 80 valence electrons. The van der Waals surface area contributed by atoms with E-state index in [0.29, 0.717) is 0 Å². The van der Waals surface area contributed by atoms with Crippen LogP contribution in [0.3, 0.4) is 0 Å². The van der Waals surface area contributed by atoms with E-state index in [9.17, 15) is 0 Å². The Morgan fingerprint density at radius 1 is 1.07 bits per heavy atom. The summed E-state index contributed by atoms with van der Waals surface area (Å²) in [6.45, 7) is 4.46. The van der Waals surface area contributed by atoms with Gasteiger partial charge in [0.15, 0.2) is 0 Å². The summed E-state index contributed by atoms with van der Waals surface area (Å²) >= 11 is 0. The lowest BCUT2D eigenvalue weighted by Gasteiger charge is -2.34. The van der Waals surface area contributed by atoms with Crippen LogP contribution >= 0.6 is 0 Å². The van der Waals surface area contributed by atoms with Gasteiger partial charge in [-0.2, -0.15) is 0 Å². The van der Waals surface area contributed by atoms with Crippen LogP contribution in [0.1, 0.15) is 5.56 Å². The number of anilines is 1. The van der Waals surface area contributed by atoms with Crippen LogP contribution in [0.15, 0.2) is 24.3 Å². The van der Waals surface area contributed by atoms with E-state index >= 15 is 0 Å². The Morgan fingerprint density at radius 3 is 2.20 bits per heavy atom. The largest absolute Gasteiger partial charge is 0.369 e. The fourth-order valence-corrected chi connectivity index (χ4v) is 1.85. The first-order chi connectivity index (χ1) is 7.29. The van der Waals surface area contributed by atoms with Crippen molar-refractivity contribution in [1.82, 2.24) is 4.90 Å². The van der Waals surface area contributed by atoms with Gasteiger partial charge < -0.3 is 15.2 Å². The van der Waals surface area contributed by atoms with Gasteiger partial charge in [0.2, 0.25) is 0 Å². The van der Waals surface area contributed by atoms with Crippen LogP contribution in [-0.4, -0.2) is 44.3 Å². The smallest absolute Gasteiger partial charge is 0.0367 e. The molecule has 2 rings (SSSR count). The average Bonchev–Trinajstić information content (AvgIpc) is 2.30. The minimum Gasteiger partial charge on any atom is -0.369 e. The molecule has 0 atom stereocenters. The molecule has 1 saturated heterocycles. The zero-order chi connectivity index (χ0) is 10.7. The molecule has 15 heavy (non-hydrogen) atoms. The molecular formula is C12H17N3. The molecule has 0 aliphatic carbocycles. The number of nitrogens with zero attached hydrogens (tertiary/aromatic N) is 2. The second-order valence-corrected chi connectivity index (χ2v) is 4.03. The highest BCUT2D eigenvalue weighted by atomic mass is 15.2. The molecule has 1 aromatic carbocycles. The zero-order valence-corrected chi connectivity index (χ0v) is 9.11. The van der Waals surface area contributed by atoms with Crippen molar-refractivity contribution in [2.75, 3.05) is 38.1 Å². The van der Waals surface area contributed by atoms with Gasteiger partial charge in [-0.1, -0.05) is 12.1 Å². The van der Waals surface area contributed by atoms with Crippen molar-refractivity contribution in [2.45, 2.75) is 0 Å². The molecule has 0 saturated carbocycles. The highest BCUT2D eigenvalue weighted by Crippen LogP contribution is 2.16. The third-order valence-corrected chi connectivity index (χ3v) is 2.93. The number of benzene rings is 1. The van der Waals surface area contributed by atoms with Crippen LogP contribution in [0.5, 0.6) is 0 Å². The molecule has 3 heteroatoms. The monoisotopic (exact) mass is 203 g/mol. The minimum atomic E-state index is 0.966. The molecule has 0 unspecified atom stereocenters. The Bertz CT molecular complexity index is 323. The van der Waals surface area contributed by atoms with Crippen molar-refractivity contribution in [3.8, 4) is 0 Å². The summed E-state index contributed by atoms with van der Waals surface area (Å²) in [6.07, 6.45) is 1.38. The van der Waals surface area contributed by atoms with Crippen molar-refractivity contribution < 1.29 is 0 Å².